The molecule has 0 bridgehead atoms. The SMILES string of the molecule is CC(O)C(C)(C)Nc1cc(F)cc(F)c1N. The molecule has 1 aromatic rings. The van der Waals surface area contributed by atoms with E-state index in [-0.39, 0.29) is 11.4 Å². The van der Waals surface area contributed by atoms with Crippen LogP contribution in [-0.4, -0.2) is 16.7 Å². The van der Waals surface area contributed by atoms with Crippen molar-refractivity contribution in [3.05, 3.63) is 23.8 Å². The van der Waals surface area contributed by atoms with Gasteiger partial charge in [0.15, 0.2) is 5.82 Å². The molecule has 90 valence electrons. The second-order valence-corrected chi connectivity index (χ2v) is 4.37. The zero-order chi connectivity index (χ0) is 12.5. The van der Waals surface area contributed by atoms with Gasteiger partial charge in [0, 0.05) is 6.07 Å². The summed E-state index contributed by atoms with van der Waals surface area (Å²) in [6.45, 7) is 5.00. The molecule has 0 aliphatic heterocycles. The van der Waals surface area contributed by atoms with E-state index in [2.05, 4.69) is 5.32 Å². The smallest absolute Gasteiger partial charge is 0.151 e. The van der Waals surface area contributed by atoms with Crippen molar-refractivity contribution in [3.63, 3.8) is 0 Å². The van der Waals surface area contributed by atoms with E-state index in [1.165, 1.54) is 0 Å². The summed E-state index contributed by atoms with van der Waals surface area (Å²) in [5, 5.41) is 12.3. The second-order valence-electron chi connectivity index (χ2n) is 4.37. The fraction of sp³-hybridized carbons (Fsp3) is 0.455. The number of nitrogens with two attached hydrogens (primary N) is 1. The Morgan fingerprint density at radius 2 is 1.94 bits per heavy atom. The van der Waals surface area contributed by atoms with Gasteiger partial charge in [-0.1, -0.05) is 0 Å². The third-order valence-corrected chi connectivity index (χ3v) is 2.60. The Balaban J connectivity index is 3.06. The molecule has 16 heavy (non-hydrogen) atoms. The number of aliphatic hydroxyl groups is 1. The largest absolute Gasteiger partial charge is 0.395 e. The molecule has 0 aliphatic carbocycles. The number of rotatable bonds is 3. The van der Waals surface area contributed by atoms with Crippen molar-refractivity contribution in [1.29, 1.82) is 0 Å². The van der Waals surface area contributed by atoms with Crippen LogP contribution < -0.4 is 11.1 Å². The number of hydrogen-bond acceptors (Lipinski definition) is 3. The zero-order valence-corrected chi connectivity index (χ0v) is 9.51. The second kappa shape index (κ2) is 4.25. The zero-order valence-electron chi connectivity index (χ0n) is 9.51. The van der Waals surface area contributed by atoms with Crippen LogP contribution in [0, 0.1) is 11.6 Å². The lowest BCUT2D eigenvalue weighted by molar-refractivity contribution is 0.133. The van der Waals surface area contributed by atoms with Crippen molar-refractivity contribution in [3.8, 4) is 0 Å². The molecule has 0 radical (unpaired) electrons. The number of halogens is 2. The monoisotopic (exact) mass is 230 g/mol. The maximum Gasteiger partial charge on any atom is 0.151 e. The van der Waals surface area contributed by atoms with Gasteiger partial charge in [0.2, 0.25) is 0 Å². The highest BCUT2D eigenvalue weighted by molar-refractivity contribution is 5.67. The third kappa shape index (κ3) is 2.61. The van der Waals surface area contributed by atoms with Crippen LogP contribution in [0.2, 0.25) is 0 Å². The molecule has 0 aromatic heterocycles. The molecule has 3 nitrogen and oxygen atoms in total. The average molecular weight is 230 g/mol. The molecule has 0 amide bonds. The molecule has 0 heterocycles. The molecule has 4 N–H and O–H groups in total. The molecule has 1 atom stereocenters. The summed E-state index contributed by atoms with van der Waals surface area (Å²) in [6.07, 6.45) is -0.696. The van der Waals surface area contributed by atoms with Crippen LogP contribution in [0.25, 0.3) is 0 Å². The van der Waals surface area contributed by atoms with E-state index in [4.69, 9.17) is 5.73 Å². The molecule has 1 rings (SSSR count). The van der Waals surface area contributed by atoms with Crippen LogP contribution in [0.4, 0.5) is 20.2 Å². The van der Waals surface area contributed by atoms with Crippen molar-refractivity contribution in [2.45, 2.75) is 32.4 Å². The van der Waals surface area contributed by atoms with E-state index >= 15 is 0 Å². The molecule has 1 aromatic carbocycles. The molecule has 0 saturated carbocycles. The van der Waals surface area contributed by atoms with E-state index in [0.29, 0.717) is 0 Å². The van der Waals surface area contributed by atoms with Gasteiger partial charge in [-0.3, -0.25) is 0 Å². The quantitative estimate of drug-likeness (QED) is 0.697. The summed E-state index contributed by atoms with van der Waals surface area (Å²) in [5.74, 6) is -1.53. The van der Waals surface area contributed by atoms with Gasteiger partial charge in [0.1, 0.15) is 5.82 Å². The van der Waals surface area contributed by atoms with Gasteiger partial charge in [-0.05, 0) is 26.8 Å². The van der Waals surface area contributed by atoms with Gasteiger partial charge in [-0.25, -0.2) is 8.78 Å². The van der Waals surface area contributed by atoms with Crippen LogP contribution in [-0.2, 0) is 0 Å². The van der Waals surface area contributed by atoms with Crippen LogP contribution in [0.1, 0.15) is 20.8 Å². The molecule has 0 aliphatic rings. The van der Waals surface area contributed by atoms with Crippen molar-refractivity contribution >= 4 is 11.4 Å². The van der Waals surface area contributed by atoms with Gasteiger partial charge in [-0.2, -0.15) is 0 Å². The predicted octanol–water partition coefficient (Wildman–Crippen LogP) is 2.12. The molecule has 5 heteroatoms. The number of nitrogens with one attached hydrogen (secondary N) is 1. The summed E-state index contributed by atoms with van der Waals surface area (Å²) in [7, 11) is 0. The van der Waals surface area contributed by atoms with Crippen molar-refractivity contribution in [2.75, 3.05) is 11.1 Å². The van der Waals surface area contributed by atoms with E-state index in [1.807, 2.05) is 0 Å². The fourth-order valence-corrected chi connectivity index (χ4v) is 1.14. The highest BCUT2D eigenvalue weighted by Crippen LogP contribution is 2.27. The first-order valence-electron chi connectivity index (χ1n) is 4.95. The summed E-state index contributed by atoms with van der Waals surface area (Å²) < 4.78 is 26.1. The number of hydrogen-bond donors (Lipinski definition) is 3. The Morgan fingerprint density at radius 3 is 2.44 bits per heavy atom. The van der Waals surface area contributed by atoms with E-state index in [9.17, 15) is 13.9 Å². The Hall–Kier alpha value is -1.36. The summed E-state index contributed by atoms with van der Waals surface area (Å²) in [4.78, 5) is 0. The highest BCUT2D eigenvalue weighted by atomic mass is 19.1. The number of anilines is 2. The predicted molar refractivity (Wildman–Crippen MR) is 60.2 cm³/mol. The maximum absolute atomic E-state index is 13.1. The molecule has 0 spiro atoms. The number of aliphatic hydroxyl groups excluding tert-OH is 1. The summed E-state index contributed by atoms with van der Waals surface area (Å²) in [6, 6.07) is 1.82. The lowest BCUT2D eigenvalue weighted by Gasteiger charge is -2.31. The Labute approximate surface area is 93.3 Å². The topological polar surface area (TPSA) is 58.3 Å². The van der Waals surface area contributed by atoms with Gasteiger partial charge < -0.3 is 16.2 Å². The van der Waals surface area contributed by atoms with Crippen molar-refractivity contribution < 1.29 is 13.9 Å². The molecule has 0 fully saturated rings. The standard InChI is InChI=1S/C11H16F2N2O/c1-6(16)11(2,3)15-9-5-7(12)4-8(13)10(9)14/h4-6,15-16H,14H2,1-3H3. The minimum Gasteiger partial charge on any atom is -0.395 e. The Bertz CT molecular complexity index is 392. The molecular formula is C11H16F2N2O. The van der Waals surface area contributed by atoms with Crippen LogP contribution in [0.15, 0.2) is 12.1 Å². The van der Waals surface area contributed by atoms with Gasteiger partial charge in [0.25, 0.3) is 0 Å². The minimum atomic E-state index is -0.816. The maximum atomic E-state index is 13.1. The van der Waals surface area contributed by atoms with Gasteiger partial charge in [0.05, 0.1) is 23.0 Å². The molecule has 1 unspecified atom stereocenters. The summed E-state index contributed by atoms with van der Waals surface area (Å²) in [5.41, 5.74) is 4.73. The van der Waals surface area contributed by atoms with Gasteiger partial charge >= 0.3 is 0 Å². The molecule has 0 saturated heterocycles. The average Bonchev–Trinajstić information content (AvgIpc) is 2.12. The molecular weight excluding hydrogens is 214 g/mol. The lowest BCUT2D eigenvalue weighted by atomic mass is 9.98. The summed E-state index contributed by atoms with van der Waals surface area (Å²) >= 11 is 0. The first-order chi connectivity index (χ1) is 7.24. The number of nitrogen functional groups attached to an aromatic ring is 1. The minimum absolute atomic E-state index is 0.142. The van der Waals surface area contributed by atoms with Crippen LogP contribution >= 0.6 is 0 Å². The van der Waals surface area contributed by atoms with Crippen molar-refractivity contribution in [1.82, 2.24) is 0 Å². The Morgan fingerprint density at radius 1 is 1.38 bits per heavy atom. The van der Waals surface area contributed by atoms with Gasteiger partial charge in [-0.15, -0.1) is 0 Å². The number of benzene rings is 1. The normalized spacial score (nSPS) is 13.6. The van der Waals surface area contributed by atoms with E-state index < -0.39 is 23.3 Å². The van der Waals surface area contributed by atoms with E-state index in [0.717, 1.165) is 12.1 Å². The third-order valence-electron chi connectivity index (χ3n) is 2.60. The fourth-order valence-electron chi connectivity index (χ4n) is 1.14. The first-order valence-corrected chi connectivity index (χ1v) is 4.95. The van der Waals surface area contributed by atoms with Crippen LogP contribution in [0.3, 0.4) is 0 Å². The van der Waals surface area contributed by atoms with E-state index in [1.54, 1.807) is 20.8 Å². The van der Waals surface area contributed by atoms with Crippen LogP contribution in [0.5, 0.6) is 0 Å². The lowest BCUT2D eigenvalue weighted by Crippen LogP contribution is -2.42. The van der Waals surface area contributed by atoms with Crippen molar-refractivity contribution in [2.24, 2.45) is 0 Å². The first kappa shape index (κ1) is 12.7. The highest BCUT2D eigenvalue weighted by Gasteiger charge is 2.25. The Kier molecular flexibility index (Phi) is 3.38.